The zero-order valence-electron chi connectivity index (χ0n) is 12.6. The molecule has 1 aromatic rings. The number of rotatable bonds is 6. The lowest BCUT2D eigenvalue weighted by atomic mass is 9.84. The van der Waals surface area contributed by atoms with Gasteiger partial charge >= 0.3 is 0 Å². The minimum absolute atomic E-state index is 0.173. The van der Waals surface area contributed by atoms with E-state index in [1.807, 2.05) is 0 Å². The van der Waals surface area contributed by atoms with Crippen LogP contribution < -0.4 is 10.1 Å². The summed E-state index contributed by atoms with van der Waals surface area (Å²) in [6.07, 6.45) is 6.63. The van der Waals surface area contributed by atoms with Crippen molar-refractivity contribution in [2.24, 2.45) is 5.92 Å². The summed E-state index contributed by atoms with van der Waals surface area (Å²) in [5.74, 6) is 1.31. The van der Waals surface area contributed by atoms with Gasteiger partial charge in [0.2, 0.25) is 0 Å². The van der Waals surface area contributed by atoms with Gasteiger partial charge in [0.1, 0.15) is 18.2 Å². The number of hydrogen-bond donors (Lipinski definition) is 1. The van der Waals surface area contributed by atoms with Gasteiger partial charge in [-0.3, -0.25) is 0 Å². The fourth-order valence-corrected chi connectivity index (χ4v) is 3.05. The second-order valence-electron chi connectivity index (χ2n) is 5.78. The molecule has 0 saturated heterocycles. The summed E-state index contributed by atoms with van der Waals surface area (Å²) in [7, 11) is 0. The minimum Gasteiger partial charge on any atom is -0.492 e. The van der Waals surface area contributed by atoms with E-state index in [0.29, 0.717) is 24.1 Å². The summed E-state index contributed by atoms with van der Waals surface area (Å²) >= 11 is 0. The Balaban J connectivity index is 1.91. The summed E-state index contributed by atoms with van der Waals surface area (Å²) in [4.78, 5) is 0. The fourth-order valence-electron chi connectivity index (χ4n) is 3.05. The highest BCUT2D eigenvalue weighted by Crippen LogP contribution is 2.27. The van der Waals surface area contributed by atoms with Gasteiger partial charge < -0.3 is 10.1 Å². The maximum Gasteiger partial charge on any atom is 0.126 e. The standard InChI is InChI=1S/C17H26FNO/c1-3-19-17(14-7-5-4-6-8-14)12-20-15-9-10-16(18)13(2)11-15/h9-11,14,17,19H,3-8,12H2,1-2H3. The van der Waals surface area contributed by atoms with Crippen molar-refractivity contribution in [3.05, 3.63) is 29.6 Å². The maximum absolute atomic E-state index is 13.2. The predicted octanol–water partition coefficient (Wildman–Crippen LogP) is 4.07. The van der Waals surface area contributed by atoms with Crippen LogP contribution in [-0.2, 0) is 0 Å². The predicted molar refractivity (Wildman–Crippen MR) is 80.7 cm³/mol. The minimum atomic E-state index is -0.173. The molecule has 0 amide bonds. The molecule has 1 atom stereocenters. The van der Waals surface area contributed by atoms with Crippen LogP contribution in [0.5, 0.6) is 5.75 Å². The van der Waals surface area contributed by atoms with Crippen molar-refractivity contribution in [2.45, 2.75) is 52.0 Å². The Morgan fingerprint density at radius 3 is 2.70 bits per heavy atom. The van der Waals surface area contributed by atoms with Crippen LogP contribution in [0.3, 0.4) is 0 Å². The summed E-state index contributed by atoms with van der Waals surface area (Å²) < 4.78 is 19.1. The van der Waals surface area contributed by atoms with Crippen molar-refractivity contribution >= 4 is 0 Å². The topological polar surface area (TPSA) is 21.3 Å². The lowest BCUT2D eigenvalue weighted by molar-refractivity contribution is 0.187. The number of aryl methyl sites for hydroxylation is 1. The van der Waals surface area contributed by atoms with Gasteiger partial charge in [0.25, 0.3) is 0 Å². The molecule has 0 bridgehead atoms. The van der Waals surface area contributed by atoms with Gasteiger partial charge in [-0.05, 0) is 56.0 Å². The van der Waals surface area contributed by atoms with Gasteiger partial charge in [-0.1, -0.05) is 26.2 Å². The van der Waals surface area contributed by atoms with Crippen LogP contribution in [0.4, 0.5) is 4.39 Å². The van der Waals surface area contributed by atoms with Crippen molar-refractivity contribution in [1.29, 1.82) is 0 Å². The molecule has 1 N–H and O–H groups in total. The monoisotopic (exact) mass is 279 g/mol. The van der Waals surface area contributed by atoms with Crippen LogP contribution in [0.1, 0.15) is 44.6 Å². The molecular weight excluding hydrogens is 253 g/mol. The second kappa shape index (κ2) is 7.63. The summed E-state index contributed by atoms with van der Waals surface area (Å²) in [5.41, 5.74) is 0.639. The van der Waals surface area contributed by atoms with Crippen molar-refractivity contribution in [3.8, 4) is 5.75 Å². The van der Waals surface area contributed by atoms with Crippen molar-refractivity contribution < 1.29 is 9.13 Å². The normalized spacial score (nSPS) is 17.9. The maximum atomic E-state index is 13.2. The number of ether oxygens (including phenoxy) is 1. The van der Waals surface area contributed by atoms with Crippen LogP contribution in [0, 0.1) is 18.7 Å². The molecule has 0 spiro atoms. The highest BCUT2D eigenvalue weighted by molar-refractivity contribution is 5.28. The molecule has 1 aliphatic carbocycles. The molecule has 0 aliphatic heterocycles. The Hall–Kier alpha value is -1.09. The average Bonchev–Trinajstić information content (AvgIpc) is 2.48. The molecule has 0 heterocycles. The summed E-state index contributed by atoms with van der Waals surface area (Å²) in [5, 5.41) is 3.55. The van der Waals surface area contributed by atoms with Gasteiger partial charge in [-0.2, -0.15) is 0 Å². The first-order valence-electron chi connectivity index (χ1n) is 7.83. The van der Waals surface area contributed by atoms with Gasteiger partial charge in [0.05, 0.1) is 0 Å². The van der Waals surface area contributed by atoms with Gasteiger partial charge in [0.15, 0.2) is 0 Å². The molecule has 3 heteroatoms. The van der Waals surface area contributed by atoms with Gasteiger partial charge in [-0.15, -0.1) is 0 Å². The van der Waals surface area contributed by atoms with Crippen LogP contribution in [-0.4, -0.2) is 19.2 Å². The highest BCUT2D eigenvalue weighted by Gasteiger charge is 2.23. The van der Waals surface area contributed by atoms with Crippen LogP contribution in [0.15, 0.2) is 18.2 Å². The third-order valence-electron chi connectivity index (χ3n) is 4.24. The van der Waals surface area contributed by atoms with E-state index in [-0.39, 0.29) is 5.82 Å². The Morgan fingerprint density at radius 2 is 2.05 bits per heavy atom. The second-order valence-corrected chi connectivity index (χ2v) is 5.78. The fraction of sp³-hybridized carbons (Fsp3) is 0.647. The molecule has 2 nitrogen and oxygen atoms in total. The van der Waals surface area contributed by atoms with Crippen molar-refractivity contribution in [2.75, 3.05) is 13.2 Å². The molecule has 1 aromatic carbocycles. The first kappa shape index (κ1) is 15.3. The highest BCUT2D eigenvalue weighted by atomic mass is 19.1. The van der Waals surface area contributed by atoms with E-state index >= 15 is 0 Å². The molecule has 2 rings (SSSR count). The van der Waals surface area contributed by atoms with Gasteiger partial charge in [0, 0.05) is 6.04 Å². The quantitative estimate of drug-likeness (QED) is 0.847. The van der Waals surface area contributed by atoms with Crippen molar-refractivity contribution in [1.82, 2.24) is 5.32 Å². The zero-order chi connectivity index (χ0) is 14.4. The third-order valence-corrected chi connectivity index (χ3v) is 4.24. The van der Waals surface area contributed by atoms with Crippen molar-refractivity contribution in [3.63, 3.8) is 0 Å². The zero-order valence-corrected chi connectivity index (χ0v) is 12.6. The Kier molecular flexibility index (Phi) is 5.84. The molecule has 1 unspecified atom stereocenters. The Morgan fingerprint density at radius 1 is 1.30 bits per heavy atom. The third kappa shape index (κ3) is 4.20. The molecule has 1 fully saturated rings. The summed E-state index contributed by atoms with van der Waals surface area (Å²) in [6, 6.07) is 5.38. The average molecular weight is 279 g/mol. The lowest BCUT2D eigenvalue weighted by Crippen LogP contribution is -2.41. The first-order chi connectivity index (χ1) is 9.70. The summed E-state index contributed by atoms with van der Waals surface area (Å²) in [6.45, 7) is 5.54. The number of likely N-dealkylation sites (N-methyl/N-ethyl adjacent to an activating group) is 1. The molecule has 1 aliphatic rings. The molecule has 112 valence electrons. The lowest BCUT2D eigenvalue weighted by Gasteiger charge is -2.30. The molecule has 1 saturated carbocycles. The molecule has 0 aromatic heterocycles. The number of benzene rings is 1. The van der Waals surface area contributed by atoms with E-state index in [4.69, 9.17) is 4.74 Å². The Labute approximate surface area is 121 Å². The Bertz CT molecular complexity index is 415. The van der Waals surface area contributed by atoms with E-state index in [0.717, 1.165) is 12.3 Å². The van der Waals surface area contributed by atoms with Crippen LogP contribution >= 0.6 is 0 Å². The van der Waals surface area contributed by atoms with Gasteiger partial charge in [-0.25, -0.2) is 4.39 Å². The van der Waals surface area contributed by atoms with Crippen LogP contribution in [0.2, 0.25) is 0 Å². The SMILES string of the molecule is CCNC(COc1ccc(F)c(C)c1)C1CCCCC1. The van der Waals surface area contributed by atoms with E-state index in [9.17, 15) is 4.39 Å². The molecule has 20 heavy (non-hydrogen) atoms. The number of hydrogen-bond acceptors (Lipinski definition) is 2. The van der Waals surface area contributed by atoms with E-state index in [1.54, 1.807) is 19.1 Å². The molecular formula is C17H26FNO. The largest absolute Gasteiger partial charge is 0.492 e. The molecule has 0 radical (unpaired) electrons. The smallest absolute Gasteiger partial charge is 0.126 e. The van der Waals surface area contributed by atoms with E-state index in [1.165, 1.54) is 38.2 Å². The first-order valence-corrected chi connectivity index (χ1v) is 7.83. The van der Waals surface area contributed by atoms with E-state index < -0.39 is 0 Å². The van der Waals surface area contributed by atoms with E-state index in [2.05, 4.69) is 12.2 Å². The number of halogens is 1. The number of nitrogens with one attached hydrogen (secondary N) is 1. The van der Waals surface area contributed by atoms with Crippen LogP contribution in [0.25, 0.3) is 0 Å².